The van der Waals surface area contributed by atoms with Gasteiger partial charge in [0.25, 0.3) is 5.78 Å². The number of methoxy groups -OCH3 is 2. The summed E-state index contributed by atoms with van der Waals surface area (Å²) in [5.41, 5.74) is 2.03. The lowest BCUT2D eigenvalue weighted by Crippen LogP contribution is -2.36. The maximum absolute atomic E-state index is 5.48. The second-order valence-electron chi connectivity index (χ2n) is 6.73. The van der Waals surface area contributed by atoms with Gasteiger partial charge in [-0.1, -0.05) is 13.0 Å². The zero-order valence-corrected chi connectivity index (χ0v) is 15.3. The van der Waals surface area contributed by atoms with Gasteiger partial charge in [0.2, 0.25) is 0 Å². The third kappa shape index (κ3) is 2.83. The lowest BCUT2D eigenvalue weighted by Gasteiger charge is -2.33. The molecule has 0 radical (unpaired) electrons. The summed E-state index contributed by atoms with van der Waals surface area (Å²) >= 11 is 0. The Morgan fingerprint density at radius 1 is 1.12 bits per heavy atom. The van der Waals surface area contributed by atoms with Gasteiger partial charge in [-0.15, -0.1) is 0 Å². The summed E-state index contributed by atoms with van der Waals surface area (Å²) in [5.74, 6) is 3.70. The molecule has 1 aliphatic heterocycles. The Balaban J connectivity index is 1.88. The molecule has 0 bridgehead atoms. The molecule has 0 amide bonds. The van der Waals surface area contributed by atoms with Crippen molar-refractivity contribution in [3.63, 3.8) is 0 Å². The molecule has 0 N–H and O–H groups in total. The molecule has 1 aromatic carbocycles. The Morgan fingerprint density at radius 2 is 1.96 bits per heavy atom. The number of anilines is 1. The molecular formula is C19H23N5O2. The molecular weight excluding hydrogens is 330 g/mol. The zero-order chi connectivity index (χ0) is 18.1. The van der Waals surface area contributed by atoms with Crippen LogP contribution in [0.2, 0.25) is 0 Å². The summed E-state index contributed by atoms with van der Waals surface area (Å²) in [4.78, 5) is 11.1. The van der Waals surface area contributed by atoms with E-state index < -0.39 is 0 Å². The maximum atomic E-state index is 5.48. The molecule has 4 rings (SSSR count). The quantitative estimate of drug-likeness (QED) is 0.718. The van der Waals surface area contributed by atoms with E-state index >= 15 is 0 Å². The van der Waals surface area contributed by atoms with Gasteiger partial charge in [0.05, 0.1) is 14.2 Å². The van der Waals surface area contributed by atoms with Crippen LogP contribution in [0.15, 0.2) is 30.7 Å². The van der Waals surface area contributed by atoms with Gasteiger partial charge in [0.15, 0.2) is 11.5 Å². The van der Waals surface area contributed by atoms with Gasteiger partial charge >= 0.3 is 0 Å². The minimum Gasteiger partial charge on any atom is -0.493 e. The fraction of sp³-hybridized carbons (Fsp3) is 0.421. The third-order valence-corrected chi connectivity index (χ3v) is 4.93. The molecule has 1 saturated heterocycles. The number of hydrogen-bond acceptors (Lipinski definition) is 6. The number of fused-ring (bicyclic) bond motifs is 1. The van der Waals surface area contributed by atoms with Crippen LogP contribution in [0.5, 0.6) is 11.5 Å². The minimum atomic E-state index is 0.613. The molecule has 1 atom stereocenters. The predicted molar refractivity (Wildman–Crippen MR) is 99.9 cm³/mol. The number of hydrogen-bond donors (Lipinski definition) is 0. The monoisotopic (exact) mass is 353 g/mol. The number of rotatable bonds is 4. The molecule has 2 aromatic heterocycles. The highest BCUT2D eigenvalue weighted by atomic mass is 16.5. The van der Waals surface area contributed by atoms with Crippen LogP contribution in [-0.2, 0) is 0 Å². The minimum absolute atomic E-state index is 0.613. The molecule has 1 unspecified atom stereocenters. The van der Waals surface area contributed by atoms with Gasteiger partial charge in [-0.05, 0) is 36.5 Å². The molecule has 3 heterocycles. The molecule has 136 valence electrons. The third-order valence-electron chi connectivity index (χ3n) is 4.93. The van der Waals surface area contributed by atoms with Crippen LogP contribution in [0.1, 0.15) is 19.8 Å². The molecule has 1 aliphatic rings. The highest BCUT2D eigenvalue weighted by Gasteiger charge is 2.23. The Morgan fingerprint density at radius 3 is 2.73 bits per heavy atom. The first-order chi connectivity index (χ1) is 12.7. The molecule has 7 nitrogen and oxygen atoms in total. The second kappa shape index (κ2) is 6.82. The Hall–Kier alpha value is -2.83. The number of aromatic nitrogens is 4. The van der Waals surface area contributed by atoms with E-state index in [4.69, 9.17) is 9.47 Å². The van der Waals surface area contributed by atoms with Crippen molar-refractivity contribution >= 4 is 11.6 Å². The largest absolute Gasteiger partial charge is 0.493 e. The van der Waals surface area contributed by atoms with Gasteiger partial charge in [0, 0.05) is 24.8 Å². The van der Waals surface area contributed by atoms with E-state index in [1.807, 2.05) is 28.9 Å². The molecule has 1 fully saturated rings. The van der Waals surface area contributed by atoms with Crippen molar-refractivity contribution in [3.8, 4) is 22.6 Å². The number of piperidine rings is 1. The SMILES string of the molecule is COc1ccc(-c2cnc3ncnn3c2N2CCCC(C)C2)cc1OC. The molecule has 0 saturated carbocycles. The van der Waals surface area contributed by atoms with E-state index in [9.17, 15) is 0 Å². The van der Waals surface area contributed by atoms with Crippen LogP contribution in [-0.4, -0.2) is 46.9 Å². The molecule has 7 heteroatoms. The van der Waals surface area contributed by atoms with Crippen LogP contribution >= 0.6 is 0 Å². The summed E-state index contributed by atoms with van der Waals surface area (Å²) in [6, 6.07) is 5.93. The van der Waals surface area contributed by atoms with Gasteiger partial charge in [-0.25, -0.2) is 4.98 Å². The summed E-state index contributed by atoms with van der Waals surface area (Å²) in [6.07, 6.45) is 5.86. The first-order valence-electron chi connectivity index (χ1n) is 8.87. The number of ether oxygens (including phenoxy) is 2. The highest BCUT2D eigenvalue weighted by Crippen LogP contribution is 2.37. The van der Waals surface area contributed by atoms with Crippen molar-refractivity contribution in [1.29, 1.82) is 0 Å². The van der Waals surface area contributed by atoms with Crippen LogP contribution in [0.3, 0.4) is 0 Å². The smallest absolute Gasteiger partial charge is 0.254 e. The van der Waals surface area contributed by atoms with E-state index in [2.05, 4.69) is 26.9 Å². The predicted octanol–water partition coefficient (Wildman–Crippen LogP) is 3.04. The van der Waals surface area contributed by atoms with Crippen LogP contribution in [0.25, 0.3) is 16.9 Å². The van der Waals surface area contributed by atoms with Crippen molar-refractivity contribution in [1.82, 2.24) is 19.6 Å². The molecule has 3 aromatic rings. The molecule has 26 heavy (non-hydrogen) atoms. The van der Waals surface area contributed by atoms with Crippen molar-refractivity contribution in [3.05, 3.63) is 30.7 Å². The lowest BCUT2D eigenvalue weighted by molar-refractivity contribution is 0.355. The summed E-state index contributed by atoms with van der Waals surface area (Å²) in [5, 5.41) is 4.43. The summed E-state index contributed by atoms with van der Waals surface area (Å²) < 4.78 is 12.7. The molecule has 0 spiro atoms. The van der Waals surface area contributed by atoms with E-state index in [0.717, 1.165) is 30.0 Å². The van der Waals surface area contributed by atoms with Gasteiger partial charge in [0.1, 0.15) is 12.1 Å². The van der Waals surface area contributed by atoms with E-state index in [1.165, 1.54) is 12.8 Å². The summed E-state index contributed by atoms with van der Waals surface area (Å²) in [7, 11) is 3.29. The average molecular weight is 353 g/mol. The van der Waals surface area contributed by atoms with Crippen molar-refractivity contribution in [2.24, 2.45) is 5.92 Å². The van der Waals surface area contributed by atoms with Gasteiger partial charge < -0.3 is 14.4 Å². The first kappa shape index (κ1) is 16.6. The van der Waals surface area contributed by atoms with E-state index in [0.29, 0.717) is 23.2 Å². The Labute approximate surface area is 152 Å². The normalized spacial score (nSPS) is 17.5. The van der Waals surface area contributed by atoms with Crippen LogP contribution < -0.4 is 14.4 Å². The second-order valence-corrected chi connectivity index (χ2v) is 6.73. The van der Waals surface area contributed by atoms with E-state index in [-0.39, 0.29) is 0 Å². The summed E-state index contributed by atoms with van der Waals surface area (Å²) in [6.45, 7) is 4.30. The number of nitrogens with zero attached hydrogens (tertiary/aromatic N) is 5. The fourth-order valence-electron chi connectivity index (χ4n) is 3.66. The Kier molecular flexibility index (Phi) is 4.36. The molecule has 0 aliphatic carbocycles. The Bertz CT molecular complexity index is 923. The van der Waals surface area contributed by atoms with Crippen molar-refractivity contribution in [2.45, 2.75) is 19.8 Å². The topological polar surface area (TPSA) is 64.8 Å². The average Bonchev–Trinajstić information content (AvgIpc) is 3.15. The van der Waals surface area contributed by atoms with E-state index in [1.54, 1.807) is 20.5 Å². The highest BCUT2D eigenvalue weighted by molar-refractivity contribution is 5.78. The van der Waals surface area contributed by atoms with Gasteiger partial charge in [-0.3, -0.25) is 0 Å². The number of benzene rings is 1. The van der Waals surface area contributed by atoms with Crippen molar-refractivity contribution < 1.29 is 9.47 Å². The maximum Gasteiger partial charge on any atom is 0.254 e. The van der Waals surface area contributed by atoms with Crippen molar-refractivity contribution in [2.75, 3.05) is 32.2 Å². The lowest BCUT2D eigenvalue weighted by atomic mass is 9.99. The zero-order valence-electron chi connectivity index (χ0n) is 15.3. The van der Waals surface area contributed by atoms with Crippen LogP contribution in [0.4, 0.5) is 5.82 Å². The van der Waals surface area contributed by atoms with Crippen LogP contribution in [0, 0.1) is 5.92 Å². The first-order valence-corrected chi connectivity index (χ1v) is 8.87. The fourth-order valence-corrected chi connectivity index (χ4v) is 3.66. The standard InChI is InChI=1S/C19H23N5O2/c1-13-5-4-8-23(11-13)18-15(10-20-19-21-12-22-24(18)19)14-6-7-16(25-2)17(9-14)26-3/h6-7,9-10,12-13H,4-5,8,11H2,1-3H3. The van der Waals surface area contributed by atoms with Gasteiger partial charge in [-0.2, -0.15) is 14.6 Å².